The molecule has 10 heteroatoms. The van der Waals surface area contributed by atoms with E-state index in [4.69, 9.17) is 0 Å². The summed E-state index contributed by atoms with van der Waals surface area (Å²) in [5, 5.41) is 2.60. The van der Waals surface area contributed by atoms with Crippen molar-refractivity contribution in [3.8, 4) is 0 Å². The molecule has 2 aromatic carbocycles. The van der Waals surface area contributed by atoms with Crippen LogP contribution in [0.2, 0.25) is 0 Å². The van der Waals surface area contributed by atoms with E-state index >= 15 is 0 Å². The second-order valence-electron chi connectivity index (χ2n) is 6.70. The van der Waals surface area contributed by atoms with Crippen molar-refractivity contribution in [2.45, 2.75) is 23.9 Å². The predicted molar refractivity (Wildman–Crippen MR) is 106 cm³/mol. The summed E-state index contributed by atoms with van der Waals surface area (Å²) in [6, 6.07) is 10.5. The van der Waals surface area contributed by atoms with Crippen LogP contribution in [0.4, 0.5) is 18.9 Å². The Morgan fingerprint density at radius 3 is 2.07 bits per heavy atom. The van der Waals surface area contributed by atoms with E-state index in [-0.39, 0.29) is 29.6 Å². The van der Waals surface area contributed by atoms with Gasteiger partial charge < -0.3 is 5.32 Å². The van der Waals surface area contributed by atoms with Gasteiger partial charge in [-0.3, -0.25) is 4.79 Å². The quantitative estimate of drug-likeness (QED) is 0.685. The number of amides is 1. The predicted octanol–water partition coefficient (Wildman–Crippen LogP) is 4.51. The third-order valence-corrected chi connectivity index (χ3v) is 7.20. The number of benzene rings is 2. The molecule has 3 rings (SSSR count). The Kier molecular flexibility index (Phi) is 6.35. The minimum absolute atomic E-state index is 0.188. The topological polar surface area (TPSA) is 66.5 Å². The number of hydrogen-bond acceptors (Lipinski definition) is 3. The van der Waals surface area contributed by atoms with Crippen molar-refractivity contribution >= 4 is 37.5 Å². The maximum Gasteiger partial charge on any atom is 0.416 e. The first kappa shape index (κ1) is 21.8. The molecule has 0 saturated carbocycles. The maximum atomic E-state index is 12.7. The van der Waals surface area contributed by atoms with Crippen molar-refractivity contribution in [1.29, 1.82) is 0 Å². The Morgan fingerprint density at radius 2 is 1.55 bits per heavy atom. The lowest BCUT2D eigenvalue weighted by molar-refractivity contribution is -0.137. The summed E-state index contributed by atoms with van der Waals surface area (Å²) in [5.74, 6) is -0.737. The molecule has 1 amide bonds. The lowest BCUT2D eigenvalue weighted by Gasteiger charge is -2.30. The number of alkyl halides is 3. The van der Waals surface area contributed by atoms with Gasteiger partial charge in [0.1, 0.15) is 0 Å². The minimum Gasteiger partial charge on any atom is -0.326 e. The molecule has 0 spiro atoms. The molecule has 5 nitrogen and oxygen atoms in total. The van der Waals surface area contributed by atoms with Gasteiger partial charge in [0.25, 0.3) is 0 Å². The van der Waals surface area contributed by atoms with E-state index in [0.717, 1.165) is 16.6 Å². The van der Waals surface area contributed by atoms with Gasteiger partial charge in [-0.25, -0.2) is 8.42 Å². The largest absolute Gasteiger partial charge is 0.416 e. The second-order valence-corrected chi connectivity index (χ2v) is 9.55. The number of sulfonamides is 1. The van der Waals surface area contributed by atoms with E-state index in [9.17, 15) is 26.4 Å². The summed E-state index contributed by atoms with van der Waals surface area (Å²) < 4.78 is 65.3. The van der Waals surface area contributed by atoms with Gasteiger partial charge in [0.2, 0.25) is 15.9 Å². The molecule has 1 saturated heterocycles. The van der Waals surface area contributed by atoms with Crippen LogP contribution in [0.15, 0.2) is 57.9 Å². The number of hydrogen-bond donors (Lipinski definition) is 1. The van der Waals surface area contributed by atoms with E-state index in [1.807, 2.05) is 0 Å². The summed E-state index contributed by atoms with van der Waals surface area (Å²) >= 11 is 3.26. The van der Waals surface area contributed by atoms with Crippen molar-refractivity contribution in [1.82, 2.24) is 4.31 Å². The first-order valence-corrected chi connectivity index (χ1v) is 11.0. The van der Waals surface area contributed by atoms with Crippen molar-refractivity contribution in [2.75, 3.05) is 18.4 Å². The number of halogens is 4. The number of carbonyl (C=O) groups is 1. The summed E-state index contributed by atoms with van der Waals surface area (Å²) in [5.41, 5.74) is -0.519. The highest BCUT2D eigenvalue weighted by Crippen LogP contribution is 2.30. The molecule has 0 atom stereocenters. The highest BCUT2D eigenvalue weighted by atomic mass is 79.9. The zero-order chi connectivity index (χ0) is 21.2. The normalized spacial score (nSPS) is 16.6. The number of carbonyl (C=O) groups excluding carboxylic acids is 1. The van der Waals surface area contributed by atoms with E-state index in [0.29, 0.717) is 12.8 Å². The third kappa shape index (κ3) is 5.18. The van der Waals surface area contributed by atoms with Gasteiger partial charge in [-0.05, 0) is 61.4 Å². The molecule has 0 bridgehead atoms. The maximum absolute atomic E-state index is 12.7. The fourth-order valence-electron chi connectivity index (χ4n) is 3.10. The molecule has 1 heterocycles. The van der Waals surface area contributed by atoms with Crippen LogP contribution in [0.1, 0.15) is 18.4 Å². The molecular weight excluding hydrogens is 473 g/mol. The van der Waals surface area contributed by atoms with Gasteiger partial charge in [0, 0.05) is 29.2 Å². The van der Waals surface area contributed by atoms with Crippen LogP contribution in [0.5, 0.6) is 0 Å². The van der Waals surface area contributed by atoms with E-state index < -0.39 is 27.7 Å². The Hall–Kier alpha value is -1.91. The van der Waals surface area contributed by atoms with Crippen LogP contribution in [0.3, 0.4) is 0 Å². The minimum atomic E-state index is -4.43. The van der Waals surface area contributed by atoms with Gasteiger partial charge >= 0.3 is 6.18 Å². The van der Waals surface area contributed by atoms with E-state index in [1.54, 1.807) is 12.1 Å². The Morgan fingerprint density at radius 1 is 1.00 bits per heavy atom. The third-order valence-electron chi connectivity index (χ3n) is 4.76. The molecule has 0 aliphatic carbocycles. The van der Waals surface area contributed by atoms with Crippen molar-refractivity contribution < 1.29 is 26.4 Å². The van der Waals surface area contributed by atoms with E-state index in [2.05, 4.69) is 21.2 Å². The first-order chi connectivity index (χ1) is 13.6. The zero-order valence-electron chi connectivity index (χ0n) is 15.1. The standard InChI is InChI=1S/C19H18BrF3N2O3S/c20-15-3-7-17(8-4-15)29(27,28)25-11-9-13(10-12-25)18(26)24-16-5-1-14(2-6-16)19(21,22)23/h1-8,13H,9-12H2,(H,24,26). The highest BCUT2D eigenvalue weighted by molar-refractivity contribution is 9.10. The summed E-state index contributed by atoms with van der Waals surface area (Å²) in [7, 11) is -3.63. The Bertz CT molecular complexity index is 969. The molecule has 156 valence electrons. The van der Waals surface area contributed by atoms with Gasteiger partial charge in [0.15, 0.2) is 0 Å². The average Bonchev–Trinajstić information content (AvgIpc) is 2.68. The highest BCUT2D eigenvalue weighted by Gasteiger charge is 2.33. The molecule has 0 radical (unpaired) electrons. The Balaban J connectivity index is 1.59. The molecule has 0 unspecified atom stereocenters. The Labute approximate surface area is 175 Å². The zero-order valence-corrected chi connectivity index (χ0v) is 17.5. The number of anilines is 1. The molecule has 1 fully saturated rings. The lowest BCUT2D eigenvalue weighted by Crippen LogP contribution is -2.41. The van der Waals surface area contributed by atoms with Crippen LogP contribution in [-0.2, 0) is 21.0 Å². The van der Waals surface area contributed by atoms with Gasteiger partial charge in [-0.1, -0.05) is 15.9 Å². The smallest absolute Gasteiger partial charge is 0.326 e. The molecular formula is C19H18BrF3N2O3S. The summed E-state index contributed by atoms with van der Waals surface area (Å²) in [4.78, 5) is 12.6. The van der Waals surface area contributed by atoms with Crippen molar-refractivity contribution in [3.63, 3.8) is 0 Å². The number of piperidine rings is 1. The summed E-state index contributed by atoms with van der Waals surface area (Å²) in [6.45, 7) is 0.396. The number of nitrogens with zero attached hydrogens (tertiary/aromatic N) is 1. The molecule has 1 N–H and O–H groups in total. The molecule has 0 aromatic heterocycles. The van der Waals surface area contributed by atoms with Crippen LogP contribution < -0.4 is 5.32 Å². The molecule has 29 heavy (non-hydrogen) atoms. The molecule has 2 aromatic rings. The summed E-state index contributed by atoms with van der Waals surface area (Å²) in [6.07, 6.45) is -3.76. The van der Waals surface area contributed by atoms with Crippen LogP contribution in [0.25, 0.3) is 0 Å². The number of rotatable bonds is 4. The van der Waals surface area contributed by atoms with Crippen molar-refractivity contribution in [3.05, 3.63) is 58.6 Å². The fourth-order valence-corrected chi connectivity index (χ4v) is 4.83. The molecule has 1 aliphatic rings. The SMILES string of the molecule is O=C(Nc1ccc(C(F)(F)F)cc1)C1CCN(S(=O)(=O)c2ccc(Br)cc2)CC1. The monoisotopic (exact) mass is 490 g/mol. The van der Waals surface area contributed by atoms with Crippen LogP contribution >= 0.6 is 15.9 Å². The van der Waals surface area contributed by atoms with Gasteiger partial charge in [-0.15, -0.1) is 0 Å². The van der Waals surface area contributed by atoms with Crippen molar-refractivity contribution in [2.24, 2.45) is 5.92 Å². The first-order valence-electron chi connectivity index (χ1n) is 8.81. The number of nitrogens with one attached hydrogen (secondary N) is 1. The van der Waals surface area contributed by atoms with Gasteiger partial charge in [0.05, 0.1) is 10.5 Å². The van der Waals surface area contributed by atoms with E-state index in [1.165, 1.54) is 28.6 Å². The fraction of sp³-hybridized carbons (Fsp3) is 0.316. The average molecular weight is 491 g/mol. The van der Waals surface area contributed by atoms with Crippen LogP contribution in [-0.4, -0.2) is 31.7 Å². The van der Waals surface area contributed by atoms with Gasteiger partial charge in [-0.2, -0.15) is 17.5 Å². The van der Waals surface area contributed by atoms with Crippen LogP contribution in [0, 0.1) is 5.92 Å². The second kappa shape index (κ2) is 8.45. The molecule has 1 aliphatic heterocycles. The lowest BCUT2D eigenvalue weighted by atomic mass is 9.97.